The number of methoxy groups -OCH3 is 1. The Balaban J connectivity index is 2.27. The number of nitrogens with zero attached hydrogens (tertiary/aromatic N) is 1. The Morgan fingerprint density at radius 2 is 2.03 bits per heavy atom. The van der Waals surface area contributed by atoms with E-state index in [1.165, 1.54) is 25.3 Å². The average molecular weight is 431 g/mol. The highest BCUT2D eigenvalue weighted by atomic mass is 35.5. The number of amides is 1. The van der Waals surface area contributed by atoms with Crippen molar-refractivity contribution in [2.75, 3.05) is 25.6 Å². The summed E-state index contributed by atoms with van der Waals surface area (Å²) in [5.74, 6) is -0.987. The highest BCUT2D eigenvalue weighted by molar-refractivity contribution is 6.32. The van der Waals surface area contributed by atoms with E-state index in [0.29, 0.717) is 23.6 Å². The smallest absolute Gasteiger partial charge is 0.341 e. The summed E-state index contributed by atoms with van der Waals surface area (Å²) in [6.45, 7) is 1.73. The van der Waals surface area contributed by atoms with Gasteiger partial charge >= 0.3 is 5.97 Å². The van der Waals surface area contributed by atoms with Crippen LogP contribution in [0.4, 0.5) is 5.69 Å². The second-order valence-electron chi connectivity index (χ2n) is 5.80. The first kappa shape index (κ1) is 22.6. The van der Waals surface area contributed by atoms with Gasteiger partial charge in [-0.05, 0) is 42.8 Å². The molecule has 0 saturated carbocycles. The van der Waals surface area contributed by atoms with Gasteiger partial charge in [-0.3, -0.25) is 4.79 Å². The van der Waals surface area contributed by atoms with E-state index in [1.54, 1.807) is 24.3 Å². The van der Waals surface area contributed by atoms with E-state index in [9.17, 15) is 14.9 Å². The number of ether oxygens (including phenoxy) is 3. The average Bonchev–Trinajstić information content (AvgIpc) is 2.71. The van der Waals surface area contributed by atoms with Gasteiger partial charge in [-0.2, -0.15) is 5.26 Å². The molecule has 0 unspecified atom stereocenters. The van der Waals surface area contributed by atoms with Gasteiger partial charge in [0.05, 0.1) is 18.7 Å². The molecule has 0 aliphatic carbocycles. The van der Waals surface area contributed by atoms with Crippen LogP contribution in [0.5, 0.6) is 17.2 Å². The van der Waals surface area contributed by atoms with Gasteiger partial charge in [0.2, 0.25) is 0 Å². The number of nitriles is 1. The van der Waals surface area contributed by atoms with E-state index < -0.39 is 18.5 Å². The maximum Gasteiger partial charge on any atom is 0.341 e. The molecule has 0 aliphatic rings. The number of benzene rings is 2. The maximum atomic E-state index is 12.5. The minimum absolute atomic E-state index is 0.0504. The summed E-state index contributed by atoms with van der Waals surface area (Å²) in [6.07, 6.45) is 1.33. The quantitative estimate of drug-likeness (QED) is 0.459. The van der Waals surface area contributed by atoms with Crippen LogP contribution in [0.3, 0.4) is 0 Å². The van der Waals surface area contributed by atoms with Crippen LogP contribution in [0.25, 0.3) is 6.08 Å². The number of halogens is 1. The highest BCUT2D eigenvalue weighted by Crippen LogP contribution is 2.37. The first-order valence-corrected chi connectivity index (χ1v) is 9.13. The molecule has 156 valence electrons. The molecule has 0 saturated heterocycles. The molecule has 0 fully saturated rings. The number of carbonyl (C=O) groups is 2. The summed E-state index contributed by atoms with van der Waals surface area (Å²) < 4.78 is 15.7. The third-order valence-corrected chi connectivity index (χ3v) is 3.95. The summed E-state index contributed by atoms with van der Waals surface area (Å²) in [4.78, 5) is 23.2. The van der Waals surface area contributed by atoms with Gasteiger partial charge in [0.15, 0.2) is 18.1 Å². The second kappa shape index (κ2) is 10.7. The van der Waals surface area contributed by atoms with E-state index in [2.05, 4.69) is 5.32 Å². The fourth-order valence-electron chi connectivity index (χ4n) is 2.44. The standard InChI is InChI=1S/C21H19ClN2O6/c1-3-29-16-6-4-5-15(10-16)24-21(27)14(11-23)7-13-8-17(22)20(18(9-13)28-2)30-12-19(25)26/h4-10H,3,12H2,1-2H3,(H,24,27)(H,25,26). The van der Waals surface area contributed by atoms with E-state index in [4.69, 9.17) is 30.9 Å². The molecule has 2 aromatic carbocycles. The molecule has 0 atom stereocenters. The minimum atomic E-state index is -1.17. The normalized spacial score (nSPS) is 10.7. The lowest BCUT2D eigenvalue weighted by Gasteiger charge is -2.12. The number of carboxylic acid groups (broad SMARTS) is 1. The Bertz CT molecular complexity index is 1010. The van der Waals surface area contributed by atoms with E-state index in [0.717, 1.165) is 0 Å². The van der Waals surface area contributed by atoms with Crippen molar-refractivity contribution in [3.8, 4) is 23.3 Å². The third kappa shape index (κ3) is 6.15. The molecule has 8 nitrogen and oxygen atoms in total. The molecule has 30 heavy (non-hydrogen) atoms. The minimum Gasteiger partial charge on any atom is -0.494 e. The third-order valence-electron chi connectivity index (χ3n) is 3.67. The number of aliphatic carboxylic acids is 1. The van der Waals surface area contributed by atoms with Crippen molar-refractivity contribution >= 4 is 35.2 Å². The van der Waals surface area contributed by atoms with Gasteiger partial charge in [-0.25, -0.2) is 4.79 Å². The number of anilines is 1. The van der Waals surface area contributed by atoms with Crippen LogP contribution in [0, 0.1) is 11.3 Å². The predicted molar refractivity (Wildman–Crippen MR) is 111 cm³/mol. The van der Waals surface area contributed by atoms with Crippen LogP contribution in [0.2, 0.25) is 5.02 Å². The lowest BCUT2D eigenvalue weighted by atomic mass is 10.1. The second-order valence-corrected chi connectivity index (χ2v) is 6.21. The summed E-state index contributed by atoms with van der Waals surface area (Å²) >= 11 is 6.16. The maximum absolute atomic E-state index is 12.5. The monoisotopic (exact) mass is 430 g/mol. The Morgan fingerprint density at radius 3 is 2.67 bits per heavy atom. The van der Waals surface area contributed by atoms with Crippen LogP contribution in [0.1, 0.15) is 12.5 Å². The van der Waals surface area contributed by atoms with Crippen molar-refractivity contribution in [2.24, 2.45) is 0 Å². The molecule has 0 spiro atoms. The molecule has 2 rings (SSSR count). The Hall–Kier alpha value is -3.70. The molecule has 1 amide bonds. The Kier molecular flexibility index (Phi) is 8.08. The number of hydrogen-bond acceptors (Lipinski definition) is 6. The summed E-state index contributed by atoms with van der Waals surface area (Å²) in [5.41, 5.74) is 0.698. The summed E-state index contributed by atoms with van der Waals surface area (Å²) in [5, 5.41) is 20.9. The van der Waals surface area contributed by atoms with E-state index in [1.807, 2.05) is 13.0 Å². The van der Waals surface area contributed by atoms with Crippen molar-refractivity contribution in [1.82, 2.24) is 0 Å². The van der Waals surface area contributed by atoms with Crippen molar-refractivity contribution in [3.05, 3.63) is 52.6 Å². The van der Waals surface area contributed by atoms with Gasteiger partial charge < -0.3 is 24.6 Å². The highest BCUT2D eigenvalue weighted by Gasteiger charge is 2.15. The molecule has 0 heterocycles. The Labute approximate surface area is 178 Å². The van der Waals surface area contributed by atoms with Gasteiger partial charge in [-0.15, -0.1) is 0 Å². The zero-order valence-corrected chi connectivity index (χ0v) is 17.0. The first-order valence-electron chi connectivity index (χ1n) is 8.76. The molecule has 0 aromatic heterocycles. The van der Waals surface area contributed by atoms with Crippen LogP contribution in [0.15, 0.2) is 42.0 Å². The lowest BCUT2D eigenvalue weighted by molar-refractivity contribution is -0.139. The Morgan fingerprint density at radius 1 is 1.27 bits per heavy atom. The molecule has 9 heteroatoms. The summed E-state index contributed by atoms with van der Waals surface area (Å²) in [6, 6.07) is 11.5. The molecular weight excluding hydrogens is 412 g/mol. The SMILES string of the molecule is CCOc1cccc(NC(=O)C(C#N)=Cc2cc(Cl)c(OCC(=O)O)c(OC)c2)c1. The fraction of sp³-hybridized carbons (Fsp3) is 0.190. The molecule has 2 aromatic rings. The van der Waals surface area contributed by atoms with Crippen molar-refractivity contribution in [2.45, 2.75) is 6.92 Å². The number of nitrogens with one attached hydrogen (secondary N) is 1. The fourth-order valence-corrected chi connectivity index (χ4v) is 2.71. The van der Waals surface area contributed by atoms with Crippen molar-refractivity contribution in [3.63, 3.8) is 0 Å². The van der Waals surface area contributed by atoms with Crippen LogP contribution in [-0.4, -0.2) is 37.3 Å². The van der Waals surface area contributed by atoms with Crippen molar-refractivity contribution in [1.29, 1.82) is 5.26 Å². The number of carboxylic acids is 1. The molecule has 2 N–H and O–H groups in total. The van der Waals surface area contributed by atoms with Gasteiger partial charge in [-0.1, -0.05) is 17.7 Å². The lowest BCUT2D eigenvalue weighted by Crippen LogP contribution is -2.13. The largest absolute Gasteiger partial charge is 0.494 e. The van der Waals surface area contributed by atoms with Crippen LogP contribution in [-0.2, 0) is 9.59 Å². The van der Waals surface area contributed by atoms with Crippen LogP contribution < -0.4 is 19.5 Å². The van der Waals surface area contributed by atoms with E-state index >= 15 is 0 Å². The predicted octanol–water partition coefficient (Wildman–Crippen LogP) is 3.76. The molecule has 0 bridgehead atoms. The zero-order valence-electron chi connectivity index (χ0n) is 16.3. The first-order chi connectivity index (χ1) is 14.4. The number of rotatable bonds is 9. The molecule has 0 aliphatic heterocycles. The molecule has 0 radical (unpaired) electrons. The van der Waals surface area contributed by atoms with Crippen LogP contribution >= 0.6 is 11.6 Å². The van der Waals surface area contributed by atoms with Gasteiger partial charge in [0.25, 0.3) is 5.91 Å². The molecular formula is C21H19ClN2O6. The number of hydrogen-bond donors (Lipinski definition) is 2. The van der Waals surface area contributed by atoms with Gasteiger partial charge in [0, 0.05) is 11.8 Å². The number of carbonyl (C=O) groups excluding carboxylic acids is 1. The topological polar surface area (TPSA) is 118 Å². The van der Waals surface area contributed by atoms with Gasteiger partial charge in [0.1, 0.15) is 17.4 Å². The van der Waals surface area contributed by atoms with Crippen molar-refractivity contribution < 1.29 is 28.9 Å². The zero-order chi connectivity index (χ0) is 22.1. The summed E-state index contributed by atoms with van der Waals surface area (Å²) in [7, 11) is 1.36. The van der Waals surface area contributed by atoms with E-state index in [-0.39, 0.29) is 22.1 Å².